The molecule has 0 aliphatic carbocycles. The van der Waals surface area contributed by atoms with Gasteiger partial charge < -0.3 is 4.57 Å². The molecule has 0 aliphatic rings. The molecule has 6 aromatic rings. The summed E-state index contributed by atoms with van der Waals surface area (Å²) in [7, 11) is 0. The summed E-state index contributed by atoms with van der Waals surface area (Å²) in [5, 5.41) is 2.59. The SMILES string of the molecule is Cc1cccc2c3ccccc3n(-c3cc(-c4cc(C(C)(C)C)cc(C(C)(C)C)c4)cc(-c4cc(C(C)(C)C)cc(C(C)(C)C)c4)c3)c12. The Morgan fingerprint density at radius 1 is 0.396 bits per heavy atom. The van der Waals surface area contributed by atoms with Crippen molar-refractivity contribution >= 4 is 21.8 Å². The second-order valence-electron chi connectivity index (χ2n) is 18.2. The van der Waals surface area contributed by atoms with Crippen LogP contribution in [0, 0.1) is 6.92 Å². The van der Waals surface area contributed by atoms with Gasteiger partial charge in [0.15, 0.2) is 0 Å². The van der Waals surface area contributed by atoms with Crippen molar-refractivity contribution in [2.75, 3.05) is 0 Å². The van der Waals surface area contributed by atoms with E-state index in [1.54, 1.807) is 0 Å². The predicted octanol–water partition coefficient (Wildman–Crippen LogP) is 13.6. The van der Waals surface area contributed by atoms with Gasteiger partial charge >= 0.3 is 0 Å². The van der Waals surface area contributed by atoms with Crippen LogP contribution in [-0.4, -0.2) is 4.57 Å². The van der Waals surface area contributed by atoms with Gasteiger partial charge in [-0.2, -0.15) is 0 Å². The molecule has 0 amide bonds. The van der Waals surface area contributed by atoms with Crippen LogP contribution in [0.1, 0.15) is 111 Å². The maximum atomic E-state index is 2.50. The lowest BCUT2D eigenvalue weighted by atomic mass is 9.78. The van der Waals surface area contributed by atoms with Gasteiger partial charge in [-0.25, -0.2) is 0 Å². The van der Waals surface area contributed by atoms with Crippen LogP contribution in [0.4, 0.5) is 0 Å². The van der Waals surface area contributed by atoms with Gasteiger partial charge in [0.2, 0.25) is 0 Å². The van der Waals surface area contributed by atoms with Crippen molar-refractivity contribution in [2.45, 2.75) is 112 Å². The zero-order valence-electron chi connectivity index (χ0n) is 31.7. The molecule has 1 aromatic heterocycles. The molecule has 0 aliphatic heterocycles. The molecule has 5 aromatic carbocycles. The Hall–Kier alpha value is -4.10. The Bertz CT molecular complexity index is 2000. The van der Waals surface area contributed by atoms with Crippen LogP contribution >= 0.6 is 0 Å². The molecule has 1 heteroatoms. The average molecular weight is 634 g/mol. The fraction of sp³-hybridized carbons (Fsp3) is 0.362. The van der Waals surface area contributed by atoms with E-state index >= 15 is 0 Å². The minimum atomic E-state index is 0.0308. The molecule has 1 heterocycles. The highest BCUT2D eigenvalue weighted by Crippen LogP contribution is 2.41. The molecule has 0 saturated heterocycles. The first-order chi connectivity index (χ1) is 22.2. The van der Waals surface area contributed by atoms with Crippen molar-refractivity contribution in [1.82, 2.24) is 4.57 Å². The number of benzene rings is 5. The molecule has 0 saturated carbocycles. The van der Waals surface area contributed by atoms with E-state index in [1.165, 1.54) is 77.6 Å². The van der Waals surface area contributed by atoms with Crippen LogP contribution < -0.4 is 0 Å². The van der Waals surface area contributed by atoms with Crippen LogP contribution in [0.5, 0.6) is 0 Å². The van der Waals surface area contributed by atoms with Crippen molar-refractivity contribution in [1.29, 1.82) is 0 Å². The third-order valence-electron chi connectivity index (χ3n) is 10.1. The van der Waals surface area contributed by atoms with E-state index in [4.69, 9.17) is 0 Å². The Morgan fingerprint density at radius 3 is 1.23 bits per heavy atom. The summed E-state index contributed by atoms with van der Waals surface area (Å²) in [5.74, 6) is 0. The molecule has 0 N–H and O–H groups in total. The highest BCUT2D eigenvalue weighted by molar-refractivity contribution is 6.10. The first-order valence-corrected chi connectivity index (χ1v) is 17.7. The van der Waals surface area contributed by atoms with Gasteiger partial charge in [0.05, 0.1) is 11.0 Å². The molecule has 0 fully saturated rings. The molecule has 0 unspecified atom stereocenters. The van der Waals surface area contributed by atoms with Gasteiger partial charge in [0, 0.05) is 16.5 Å². The van der Waals surface area contributed by atoms with Gasteiger partial charge in [-0.15, -0.1) is 0 Å². The maximum absolute atomic E-state index is 2.50. The lowest BCUT2D eigenvalue weighted by molar-refractivity contribution is 0.568. The summed E-state index contributed by atoms with van der Waals surface area (Å²) in [6, 6.07) is 37.4. The summed E-state index contributed by atoms with van der Waals surface area (Å²) < 4.78 is 2.50. The van der Waals surface area contributed by atoms with Crippen molar-refractivity contribution in [3.63, 3.8) is 0 Å². The number of aromatic nitrogens is 1. The van der Waals surface area contributed by atoms with E-state index < -0.39 is 0 Å². The van der Waals surface area contributed by atoms with E-state index in [2.05, 4.69) is 192 Å². The Kier molecular flexibility index (Phi) is 8.10. The van der Waals surface area contributed by atoms with E-state index in [0.717, 1.165) is 0 Å². The topological polar surface area (TPSA) is 4.93 Å². The van der Waals surface area contributed by atoms with Crippen molar-refractivity contribution in [3.05, 3.63) is 125 Å². The second-order valence-corrected chi connectivity index (χ2v) is 18.2. The van der Waals surface area contributed by atoms with Crippen molar-refractivity contribution < 1.29 is 0 Å². The maximum Gasteiger partial charge on any atom is 0.0570 e. The minimum absolute atomic E-state index is 0.0308. The van der Waals surface area contributed by atoms with E-state index in [0.29, 0.717) is 0 Å². The largest absolute Gasteiger partial charge is 0.309 e. The highest BCUT2D eigenvalue weighted by Gasteiger charge is 2.24. The van der Waals surface area contributed by atoms with Crippen LogP contribution in [-0.2, 0) is 21.7 Å². The molecule has 0 atom stereocenters. The van der Waals surface area contributed by atoms with Gasteiger partial charge in [-0.05, 0) is 103 Å². The van der Waals surface area contributed by atoms with Crippen molar-refractivity contribution in [2.24, 2.45) is 0 Å². The first-order valence-electron chi connectivity index (χ1n) is 17.7. The third kappa shape index (κ3) is 6.37. The molecule has 1 nitrogen and oxygen atoms in total. The molecule has 0 bridgehead atoms. The first kappa shape index (κ1) is 33.8. The van der Waals surface area contributed by atoms with Crippen LogP contribution in [0.3, 0.4) is 0 Å². The zero-order chi connectivity index (χ0) is 35.0. The highest BCUT2D eigenvalue weighted by atomic mass is 15.0. The second kappa shape index (κ2) is 11.5. The molecule has 48 heavy (non-hydrogen) atoms. The average Bonchev–Trinajstić information content (AvgIpc) is 3.34. The number of nitrogens with zero attached hydrogens (tertiary/aromatic N) is 1. The monoisotopic (exact) mass is 633 g/mol. The number of fused-ring (bicyclic) bond motifs is 3. The fourth-order valence-corrected chi connectivity index (χ4v) is 6.85. The standard InChI is InChI=1S/C47H55N/c1-30-17-16-19-41-40-18-14-15-20-42(40)48(43(30)41)39-26-31(33-22-35(44(2,3)4)28-36(23-33)45(5,6)7)21-32(27-39)34-24-37(46(8,9)10)29-38(25-34)47(11,12)13/h14-29H,1-13H3. The lowest BCUT2D eigenvalue weighted by Gasteiger charge is -2.27. The van der Waals surface area contributed by atoms with Crippen LogP contribution in [0.2, 0.25) is 0 Å². The van der Waals surface area contributed by atoms with E-state index in [9.17, 15) is 0 Å². The summed E-state index contributed by atoms with van der Waals surface area (Å²) >= 11 is 0. The summed E-state index contributed by atoms with van der Waals surface area (Å²) in [6.07, 6.45) is 0. The van der Waals surface area contributed by atoms with Gasteiger partial charge in [0.1, 0.15) is 0 Å². The molecule has 0 radical (unpaired) electrons. The summed E-state index contributed by atoms with van der Waals surface area (Å²) in [6.45, 7) is 30.2. The number of hydrogen-bond donors (Lipinski definition) is 0. The smallest absolute Gasteiger partial charge is 0.0570 e. The normalized spacial score (nSPS) is 13.1. The molecule has 248 valence electrons. The Morgan fingerprint density at radius 2 is 0.792 bits per heavy atom. The molecule has 0 spiro atoms. The number of hydrogen-bond acceptors (Lipinski definition) is 0. The fourth-order valence-electron chi connectivity index (χ4n) is 6.85. The predicted molar refractivity (Wildman–Crippen MR) is 211 cm³/mol. The summed E-state index contributed by atoms with van der Waals surface area (Å²) in [4.78, 5) is 0. The number of aryl methyl sites for hydroxylation is 1. The number of para-hydroxylation sites is 2. The van der Waals surface area contributed by atoms with Crippen LogP contribution in [0.25, 0.3) is 49.7 Å². The van der Waals surface area contributed by atoms with Crippen molar-refractivity contribution in [3.8, 4) is 27.9 Å². The van der Waals surface area contributed by atoms with Gasteiger partial charge in [0.25, 0.3) is 0 Å². The Labute approximate surface area is 290 Å². The lowest BCUT2D eigenvalue weighted by Crippen LogP contribution is -2.16. The quantitative estimate of drug-likeness (QED) is 0.183. The third-order valence-corrected chi connectivity index (χ3v) is 10.1. The van der Waals surface area contributed by atoms with Gasteiger partial charge in [-0.1, -0.05) is 156 Å². The zero-order valence-corrected chi connectivity index (χ0v) is 31.7. The van der Waals surface area contributed by atoms with Crippen LogP contribution in [0.15, 0.2) is 97.1 Å². The Balaban J connectivity index is 1.74. The van der Waals surface area contributed by atoms with E-state index in [1.807, 2.05) is 0 Å². The number of rotatable bonds is 3. The summed E-state index contributed by atoms with van der Waals surface area (Å²) in [5.41, 5.74) is 15.6. The molecule has 6 rings (SSSR count). The molecular formula is C47H55N. The minimum Gasteiger partial charge on any atom is -0.309 e. The van der Waals surface area contributed by atoms with Gasteiger partial charge in [-0.3, -0.25) is 0 Å². The molecular weight excluding hydrogens is 579 g/mol. The van der Waals surface area contributed by atoms with E-state index in [-0.39, 0.29) is 21.7 Å².